The molecule has 0 heterocycles. The topological polar surface area (TPSA) is 20.2 Å². The summed E-state index contributed by atoms with van der Waals surface area (Å²) < 4.78 is 0. The highest BCUT2D eigenvalue weighted by Gasteiger charge is 2.40. The molecule has 0 saturated heterocycles. The number of hydrogen-bond acceptors (Lipinski definition) is 1. The molecule has 2 aliphatic carbocycles. The van der Waals surface area contributed by atoms with Crippen LogP contribution in [0.15, 0.2) is 30.8 Å². The summed E-state index contributed by atoms with van der Waals surface area (Å²) in [4.78, 5) is 0. The van der Waals surface area contributed by atoms with Gasteiger partial charge in [-0.2, -0.15) is 0 Å². The van der Waals surface area contributed by atoms with E-state index in [-0.39, 0.29) is 0 Å². The second kappa shape index (κ2) is 4.52. The minimum absolute atomic E-state index is 0.292. The largest absolute Gasteiger partial charge is 0.508 e. The van der Waals surface area contributed by atoms with Crippen LogP contribution in [-0.2, 0) is 0 Å². The SMILES string of the molecule is C1CC2CC2C1.C=Cc1ccc(O)cc1. The summed E-state index contributed by atoms with van der Waals surface area (Å²) >= 11 is 0. The Bertz CT molecular complexity index is 318. The molecule has 0 aliphatic heterocycles. The average molecular weight is 202 g/mol. The Morgan fingerprint density at radius 1 is 1.13 bits per heavy atom. The van der Waals surface area contributed by atoms with Crippen molar-refractivity contribution in [1.29, 1.82) is 0 Å². The molecule has 0 bridgehead atoms. The average Bonchev–Trinajstić information content (AvgIpc) is 2.88. The van der Waals surface area contributed by atoms with Gasteiger partial charge in [0, 0.05) is 0 Å². The molecule has 1 aromatic carbocycles. The van der Waals surface area contributed by atoms with Gasteiger partial charge in [0.2, 0.25) is 0 Å². The van der Waals surface area contributed by atoms with Crippen molar-refractivity contribution in [3.05, 3.63) is 36.4 Å². The lowest BCUT2D eigenvalue weighted by molar-refractivity contribution is 0.475. The van der Waals surface area contributed by atoms with Gasteiger partial charge in [-0.1, -0.05) is 44.1 Å². The van der Waals surface area contributed by atoms with Crippen LogP contribution in [0.25, 0.3) is 6.08 Å². The quantitative estimate of drug-likeness (QED) is 0.733. The van der Waals surface area contributed by atoms with Crippen LogP contribution >= 0.6 is 0 Å². The van der Waals surface area contributed by atoms with Crippen LogP contribution in [0.2, 0.25) is 0 Å². The number of benzene rings is 1. The molecule has 2 aliphatic rings. The van der Waals surface area contributed by atoms with E-state index in [1.54, 1.807) is 37.5 Å². The molecule has 1 heteroatoms. The van der Waals surface area contributed by atoms with Crippen molar-refractivity contribution >= 4 is 6.08 Å². The number of phenols is 1. The minimum Gasteiger partial charge on any atom is -0.508 e. The lowest BCUT2D eigenvalue weighted by Crippen LogP contribution is -1.67. The Morgan fingerprint density at radius 3 is 2.07 bits per heavy atom. The molecule has 0 spiro atoms. The molecule has 0 aromatic heterocycles. The standard InChI is InChI=1S/C8H8O.C6H10/c1-2-7-3-5-8(9)6-4-7;1-2-5-4-6(5)3-1/h2-6,9H,1H2;5-6H,1-4H2. The molecule has 0 amide bonds. The van der Waals surface area contributed by atoms with E-state index < -0.39 is 0 Å². The summed E-state index contributed by atoms with van der Waals surface area (Å²) in [6.45, 7) is 3.58. The zero-order chi connectivity index (χ0) is 10.7. The first-order valence-corrected chi connectivity index (χ1v) is 5.71. The molecule has 80 valence electrons. The van der Waals surface area contributed by atoms with Crippen LogP contribution < -0.4 is 0 Å². The molecule has 2 atom stereocenters. The third-order valence-electron chi connectivity index (χ3n) is 3.35. The fraction of sp³-hybridized carbons (Fsp3) is 0.429. The highest BCUT2D eigenvalue weighted by molar-refractivity contribution is 5.47. The van der Waals surface area contributed by atoms with Crippen LogP contribution in [0.5, 0.6) is 5.75 Å². The van der Waals surface area contributed by atoms with Crippen molar-refractivity contribution in [2.24, 2.45) is 11.8 Å². The monoisotopic (exact) mass is 202 g/mol. The first kappa shape index (κ1) is 10.3. The third-order valence-corrected chi connectivity index (χ3v) is 3.35. The molecule has 2 fully saturated rings. The van der Waals surface area contributed by atoms with Gasteiger partial charge in [0.1, 0.15) is 5.75 Å². The fourth-order valence-corrected chi connectivity index (χ4v) is 2.27. The number of fused-ring (bicyclic) bond motifs is 1. The lowest BCUT2D eigenvalue weighted by Gasteiger charge is -1.90. The molecule has 2 saturated carbocycles. The second-order valence-electron chi connectivity index (χ2n) is 4.48. The van der Waals surface area contributed by atoms with Crippen molar-refractivity contribution in [1.82, 2.24) is 0 Å². The van der Waals surface area contributed by atoms with Gasteiger partial charge in [0.05, 0.1) is 0 Å². The first-order chi connectivity index (χ1) is 7.29. The fourth-order valence-electron chi connectivity index (χ4n) is 2.27. The Labute approximate surface area is 91.4 Å². The predicted octanol–water partition coefficient (Wildman–Crippen LogP) is 3.84. The summed E-state index contributed by atoms with van der Waals surface area (Å²) in [6, 6.07) is 6.89. The molecular formula is C14H18O. The normalized spacial score (nSPS) is 26.1. The van der Waals surface area contributed by atoms with E-state index in [1.165, 1.54) is 18.3 Å². The Hall–Kier alpha value is -1.24. The van der Waals surface area contributed by atoms with Crippen molar-refractivity contribution in [3.63, 3.8) is 0 Å². The maximum atomic E-state index is 8.82. The summed E-state index contributed by atoms with van der Waals surface area (Å²) in [7, 11) is 0. The molecule has 0 radical (unpaired) electrons. The van der Waals surface area contributed by atoms with E-state index in [1.807, 2.05) is 12.1 Å². The summed E-state index contributed by atoms with van der Waals surface area (Å²) in [5.74, 6) is 2.72. The van der Waals surface area contributed by atoms with Crippen LogP contribution in [0.4, 0.5) is 0 Å². The van der Waals surface area contributed by atoms with Gasteiger partial charge in [0.25, 0.3) is 0 Å². The molecular weight excluding hydrogens is 184 g/mol. The second-order valence-corrected chi connectivity index (χ2v) is 4.48. The van der Waals surface area contributed by atoms with Crippen LogP contribution in [-0.4, -0.2) is 5.11 Å². The van der Waals surface area contributed by atoms with Crippen LogP contribution in [0.3, 0.4) is 0 Å². The summed E-state index contributed by atoms with van der Waals surface area (Å²) in [6.07, 6.45) is 7.98. The van der Waals surface area contributed by atoms with Gasteiger partial charge in [-0.25, -0.2) is 0 Å². The van der Waals surface area contributed by atoms with E-state index in [0.29, 0.717) is 5.75 Å². The number of aromatic hydroxyl groups is 1. The van der Waals surface area contributed by atoms with Gasteiger partial charge in [-0.15, -0.1) is 0 Å². The molecule has 1 N–H and O–H groups in total. The van der Waals surface area contributed by atoms with E-state index in [4.69, 9.17) is 5.11 Å². The molecule has 15 heavy (non-hydrogen) atoms. The van der Waals surface area contributed by atoms with E-state index in [9.17, 15) is 0 Å². The van der Waals surface area contributed by atoms with Gasteiger partial charge in [-0.3, -0.25) is 0 Å². The van der Waals surface area contributed by atoms with Crippen molar-refractivity contribution < 1.29 is 5.11 Å². The number of rotatable bonds is 1. The van der Waals surface area contributed by atoms with E-state index >= 15 is 0 Å². The van der Waals surface area contributed by atoms with E-state index in [2.05, 4.69) is 6.58 Å². The predicted molar refractivity (Wildman–Crippen MR) is 63.6 cm³/mol. The maximum absolute atomic E-state index is 8.82. The first-order valence-electron chi connectivity index (χ1n) is 5.71. The lowest BCUT2D eigenvalue weighted by atomic mass is 10.2. The molecule has 1 aromatic rings. The van der Waals surface area contributed by atoms with Gasteiger partial charge in [0.15, 0.2) is 0 Å². The summed E-state index contributed by atoms with van der Waals surface area (Å²) in [5.41, 5.74) is 1.02. The molecule has 1 nitrogen and oxygen atoms in total. The zero-order valence-corrected chi connectivity index (χ0v) is 9.02. The van der Waals surface area contributed by atoms with Gasteiger partial charge < -0.3 is 5.11 Å². The maximum Gasteiger partial charge on any atom is 0.115 e. The molecule has 2 unspecified atom stereocenters. The minimum atomic E-state index is 0.292. The van der Waals surface area contributed by atoms with Crippen LogP contribution in [0.1, 0.15) is 31.2 Å². The Balaban J connectivity index is 0.000000121. The Kier molecular flexibility index (Phi) is 3.10. The highest BCUT2D eigenvalue weighted by atomic mass is 16.3. The van der Waals surface area contributed by atoms with Crippen molar-refractivity contribution in [2.75, 3.05) is 0 Å². The Morgan fingerprint density at radius 2 is 1.73 bits per heavy atom. The highest BCUT2D eigenvalue weighted by Crippen LogP contribution is 2.51. The smallest absolute Gasteiger partial charge is 0.115 e. The van der Waals surface area contributed by atoms with Crippen molar-refractivity contribution in [3.8, 4) is 5.75 Å². The van der Waals surface area contributed by atoms with Gasteiger partial charge >= 0.3 is 0 Å². The van der Waals surface area contributed by atoms with Gasteiger partial charge in [-0.05, 0) is 36.0 Å². The number of phenolic OH excluding ortho intramolecular Hbond substituents is 1. The summed E-state index contributed by atoms with van der Waals surface area (Å²) in [5, 5.41) is 8.82. The van der Waals surface area contributed by atoms with E-state index in [0.717, 1.165) is 5.56 Å². The van der Waals surface area contributed by atoms with Crippen molar-refractivity contribution in [2.45, 2.75) is 25.7 Å². The van der Waals surface area contributed by atoms with Crippen LogP contribution in [0, 0.1) is 11.8 Å². The zero-order valence-electron chi connectivity index (χ0n) is 9.02. The molecule has 3 rings (SSSR count). The number of hydrogen-bond donors (Lipinski definition) is 1. The third kappa shape index (κ3) is 2.85.